The minimum atomic E-state index is -0.529. The van der Waals surface area contributed by atoms with Crippen LogP contribution in [0.5, 0.6) is 0 Å². The van der Waals surface area contributed by atoms with Gasteiger partial charge in [-0.05, 0) is 71.5 Å². The molecule has 0 spiro atoms. The number of oxime groups is 1. The van der Waals surface area contributed by atoms with E-state index < -0.39 is 5.60 Å². The number of aliphatic hydroxyl groups is 1. The monoisotopic (exact) mass is 325 g/mol. The Hall–Kier alpha value is -0.650. The SMILES string of the molecule is CN(C)CCC[C@H]1CC[C@]2(C)[C@@H](/C=N/OCCN)CC[C@]2(O)C1. The van der Waals surface area contributed by atoms with Gasteiger partial charge in [-0.25, -0.2) is 0 Å². The molecule has 23 heavy (non-hydrogen) atoms. The second-order valence-corrected chi connectivity index (χ2v) is 8.02. The van der Waals surface area contributed by atoms with Crippen molar-refractivity contribution in [3.05, 3.63) is 0 Å². The Bertz CT molecular complexity index is 402. The van der Waals surface area contributed by atoms with E-state index >= 15 is 0 Å². The Labute approximate surface area is 141 Å². The summed E-state index contributed by atoms with van der Waals surface area (Å²) in [7, 11) is 4.25. The van der Waals surface area contributed by atoms with Gasteiger partial charge >= 0.3 is 0 Å². The molecule has 0 bridgehead atoms. The maximum Gasteiger partial charge on any atom is 0.129 e. The smallest absolute Gasteiger partial charge is 0.129 e. The van der Waals surface area contributed by atoms with Crippen molar-refractivity contribution in [2.24, 2.45) is 28.1 Å². The van der Waals surface area contributed by atoms with Crippen LogP contribution in [0.4, 0.5) is 0 Å². The van der Waals surface area contributed by atoms with Crippen LogP contribution in [0.15, 0.2) is 5.16 Å². The summed E-state index contributed by atoms with van der Waals surface area (Å²) >= 11 is 0. The number of fused-ring (bicyclic) bond motifs is 1. The molecule has 0 unspecified atom stereocenters. The molecule has 0 heterocycles. The van der Waals surface area contributed by atoms with E-state index in [0.29, 0.717) is 25.0 Å². The molecule has 2 rings (SSSR count). The molecule has 0 aliphatic heterocycles. The number of nitrogens with two attached hydrogens (primary N) is 1. The molecule has 0 aromatic rings. The molecule has 2 saturated carbocycles. The van der Waals surface area contributed by atoms with Crippen molar-refractivity contribution < 1.29 is 9.94 Å². The molecule has 0 aromatic carbocycles. The van der Waals surface area contributed by atoms with Crippen molar-refractivity contribution in [2.45, 2.75) is 57.5 Å². The highest BCUT2D eigenvalue weighted by Gasteiger charge is 2.58. The predicted octanol–water partition coefficient (Wildman–Crippen LogP) is 2.24. The Kier molecular flexibility index (Phi) is 6.46. The molecule has 2 aliphatic rings. The largest absolute Gasteiger partial charge is 0.395 e. The van der Waals surface area contributed by atoms with E-state index in [-0.39, 0.29) is 5.41 Å². The van der Waals surface area contributed by atoms with Gasteiger partial charge in [-0.15, -0.1) is 0 Å². The van der Waals surface area contributed by atoms with Gasteiger partial charge in [0.25, 0.3) is 0 Å². The second-order valence-electron chi connectivity index (χ2n) is 8.02. The first kappa shape index (κ1) is 18.7. The molecule has 0 saturated heterocycles. The second kappa shape index (κ2) is 7.95. The highest BCUT2D eigenvalue weighted by molar-refractivity contribution is 5.62. The Morgan fingerprint density at radius 1 is 1.35 bits per heavy atom. The highest BCUT2D eigenvalue weighted by atomic mass is 16.6. The predicted molar refractivity (Wildman–Crippen MR) is 94.4 cm³/mol. The van der Waals surface area contributed by atoms with Gasteiger partial charge in [-0.3, -0.25) is 0 Å². The molecule has 0 aromatic heterocycles. The zero-order valence-corrected chi connectivity index (χ0v) is 15.1. The third-order valence-corrected chi connectivity index (χ3v) is 6.19. The first-order valence-electron chi connectivity index (χ1n) is 9.14. The van der Waals surface area contributed by atoms with Gasteiger partial charge in [0.2, 0.25) is 0 Å². The average Bonchev–Trinajstić information content (AvgIpc) is 2.75. The number of rotatable bonds is 8. The van der Waals surface area contributed by atoms with Crippen LogP contribution in [0.2, 0.25) is 0 Å². The van der Waals surface area contributed by atoms with Gasteiger partial charge in [0.1, 0.15) is 6.61 Å². The highest BCUT2D eigenvalue weighted by Crippen LogP contribution is 2.59. The average molecular weight is 325 g/mol. The lowest BCUT2D eigenvalue weighted by molar-refractivity contribution is -0.107. The summed E-state index contributed by atoms with van der Waals surface area (Å²) in [6, 6.07) is 0. The van der Waals surface area contributed by atoms with Crippen molar-refractivity contribution >= 4 is 6.21 Å². The molecule has 5 nitrogen and oxygen atoms in total. The molecule has 4 atom stereocenters. The molecule has 2 aliphatic carbocycles. The standard InChI is InChI=1S/C18H35N3O2/c1-17-8-6-15(5-4-11-21(2)3)13-18(17,22)9-7-16(17)14-20-23-12-10-19/h14-16,22H,4-13,19H2,1-3H3/b20-14+/t15-,16+,17+,18-/m0/s1. The van der Waals surface area contributed by atoms with Crippen LogP contribution in [0, 0.1) is 17.3 Å². The van der Waals surface area contributed by atoms with Crippen LogP contribution in [-0.2, 0) is 4.84 Å². The Morgan fingerprint density at radius 2 is 2.13 bits per heavy atom. The van der Waals surface area contributed by atoms with E-state index in [0.717, 1.165) is 32.2 Å². The van der Waals surface area contributed by atoms with Gasteiger partial charge in [0, 0.05) is 24.1 Å². The van der Waals surface area contributed by atoms with Crippen LogP contribution in [-0.4, -0.2) is 55.6 Å². The summed E-state index contributed by atoms with van der Waals surface area (Å²) in [5, 5.41) is 15.4. The fraction of sp³-hybridized carbons (Fsp3) is 0.944. The normalized spacial score (nSPS) is 37.5. The number of hydrogen-bond donors (Lipinski definition) is 2. The van der Waals surface area contributed by atoms with E-state index in [1.165, 1.54) is 19.3 Å². The van der Waals surface area contributed by atoms with Crippen LogP contribution >= 0.6 is 0 Å². The lowest BCUT2D eigenvalue weighted by atomic mass is 9.60. The molecule has 3 N–H and O–H groups in total. The molecule has 5 heteroatoms. The topological polar surface area (TPSA) is 71.1 Å². The summed E-state index contributed by atoms with van der Waals surface area (Å²) in [5.41, 5.74) is 4.82. The van der Waals surface area contributed by atoms with E-state index in [2.05, 4.69) is 31.1 Å². The van der Waals surface area contributed by atoms with Crippen molar-refractivity contribution in [1.29, 1.82) is 0 Å². The number of nitrogens with zero attached hydrogens (tertiary/aromatic N) is 2. The summed E-state index contributed by atoms with van der Waals surface area (Å²) in [4.78, 5) is 7.40. The summed E-state index contributed by atoms with van der Waals surface area (Å²) in [6.45, 7) is 4.33. The first-order chi connectivity index (χ1) is 10.9. The fourth-order valence-electron chi connectivity index (χ4n) is 4.58. The molecule has 0 radical (unpaired) electrons. The quantitative estimate of drug-likeness (QED) is 0.408. The van der Waals surface area contributed by atoms with Crippen molar-refractivity contribution in [1.82, 2.24) is 4.90 Å². The van der Waals surface area contributed by atoms with Crippen molar-refractivity contribution in [3.63, 3.8) is 0 Å². The summed E-state index contributed by atoms with van der Waals surface area (Å²) in [5.74, 6) is 0.977. The zero-order valence-electron chi connectivity index (χ0n) is 15.1. The minimum Gasteiger partial charge on any atom is -0.395 e. The van der Waals surface area contributed by atoms with Gasteiger partial charge in [-0.1, -0.05) is 12.1 Å². The molecular formula is C18H35N3O2. The summed E-state index contributed by atoms with van der Waals surface area (Å²) < 4.78 is 0. The van der Waals surface area contributed by atoms with Crippen molar-refractivity contribution in [3.8, 4) is 0 Å². The van der Waals surface area contributed by atoms with Gasteiger partial charge in [0.05, 0.1) is 5.60 Å². The first-order valence-corrected chi connectivity index (χ1v) is 9.14. The molecule has 2 fully saturated rings. The maximum absolute atomic E-state index is 11.3. The molecular weight excluding hydrogens is 290 g/mol. The van der Waals surface area contributed by atoms with Gasteiger partial charge in [0.15, 0.2) is 0 Å². The molecule has 0 amide bonds. The lowest BCUT2D eigenvalue weighted by Crippen LogP contribution is -2.50. The summed E-state index contributed by atoms with van der Waals surface area (Å²) in [6.07, 6.45) is 9.53. The van der Waals surface area contributed by atoms with Gasteiger partial charge in [-0.2, -0.15) is 0 Å². The lowest BCUT2D eigenvalue weighted by Gasteiger charge is -2.48. The Morgan fingerprint density at radius 3 is 2.83 bits per heavy atom. The van der Waals surface area contributed by atoms with E-state index in [1.54, 1.807) is 0 Å². The van der Waals surface area contributed by atoms with Crippen LogP contribution < -0.4 is 5.73 Å². The third-order valence-electron chi connectivity index (χ3n) is 6.19. The number of hydrogen-bond acceptors (Lipinski definition) is 5. The fourth-order valence-corrected chi connectivity index (χ4v) is 4.58. The third kappa shape index (κ3) is 4.25. The minimum absolute atomic E-state index is 0.0549. The van der Waals surface area contributed by atoms with E-state index in [1.807, 2.05) is 6.21 Å². The van der Waals surface area contributed by atoms with Gasteiger partial charge < -0.3 is 20.6 Å². The van der Waals surface area contributed by atoms with Crippen LogP contribution in [0.3, 0.4) is 0 Å². The van der Waals surface area contributed by atoms with Crippen molar-refractivity contribution in [2.75, 3.05) is 33.8 Å². The van der Waals surface area contributed by atoms with E-state index in [9.17, 15) is 5.11 Å². The van der Waals surface area contributed by atoms with E-state index in [4.69, 9.17) is 10.6 Å². The maximum atomic E-state index is 11.3. The van der Waals surface area contributed by atoms with Crippen LogP contribution in [0.25, 0.3) is 0 Å². The Balaban J connectivity index is 1.91. The molecule has 134 valence electrons. The van der Waals surface area contributed by atoms with Crippen LogP contribution in [0.1, 0.15) is 51.9 Å². The zero-order chi connectivity index (χ0) is 16.9.